The standard InChI is InChI=1S/C13H11Cl/c14-10-12-8-4-5-9-13(12)11-6-2-1-3-7-11/h1-9H,10H2. The zero-order valence-corrected chi connectivity index (χ0v) is 8.54. The summed E-state index contributed by atoms with van der Waals surface area (Å²) in [7, 11) is 0. The van der Waals surface area contributed by atoms with Crippen molar-refractivity contribution < 1.29 is 0 Å². The van der Waals surface area contributed by atoms with Crippen molar-refractivity contribution in [1.29, 1.82) is 0 Å². The summed E-state index contributed by atoms with van der Waals surface area (Å²) in [6.07, 6.45) is 0. The lowest BCUT2D eigenvalue weighted by Crippen LogP contribution is -1.84. The van der Waals surface area contributed by atoms with Gasteiger partial charge in [-0.3, -0.25) is 0 Å². The van der Waals surface area contributed by atoms with Gasteiger partial charge in [0.25, 0.3) is 0 Å². The van der Waals surface area contributed by atoms with Crippen LogP contribution in [0.1, 0.15) is 5.56 Å². The second-order valence-electron chi connectivity index (χ2n) is 3.16. The molecule has 0 unspecified atom stereocenters. The molecule has 0 nitrogen and oxygen atoms in total. The molecule has 0 amide bonds. The molecule has 2 aromatic carbocycles. The predicted octanol–water partition coefficient (Wildman–Crippen LogP) is 4.09. The maximum absolute atomic E-state index is 5.88. The number of hydrogen-bond donors (Lipinski definition) is 0. The van der Waals surface area contributed by atoms with Crippen LogP contribution in [0.2, 0.25) is 0 Å². The van der Waals surface area contributed by atoms with Gasteiger partial charge in [-0.15, -0.1) is 11.6 Å². The predicted molar refractivity (Wildman–Crippen MR) is 61.4 cm³/mol. The van der Waals surface area contributed by atoms with E-state index in [1.165, 1.54) is 16.7 Å². The monoisotopic (exact) mass is 202 g/mol. The van der Waals surface area contributed by atoms with E-state index in [4.69, 9.17) is 11.6 Å². The van der Waals surface area contributed by atoms with Crippen LogP contribution in [0.4, 0.5) is 0 Å². The van der Waals surface area contributed by atoms with Gasteiger partial charge in [0, 0.05) is 5.88 Å². The summed E-state index contributed by atoms with van der Waals surface area (Å²) in [6, 6.07) is 18.5. The molecule has 1 heteroatoms. The molecule has 0 aliphatic heterocycles. The first-order valence-electron chi connectivity index (χ1n) is 4.61. The lowest BCUT2D eigenvalue weighted by molar-refractivity contribution is 1.40. The van der Waals surface area contributed by atoms with Crippen molar-refractivity contribution in [2.45, 2.75) is 5.88 Å². The number of halogens is 1. The molecule has 0 heterocycles. The van der Waals surface area contributed by atoms with Crippen LogP contribution >= 0.6 is 11.6 Å². The van der Waals surface area contributed by atoms with Crippen molar-refractivity contribution in [3.63, 3.8) is 0 Å². The average Bonchev–Trinajstić information content (AvgIpc) is 2.30. The van der Waals surface area contributed by atoms with Crippen molar-refractivity contribution in [3.05, 3.63) is 60.2 Å². The van der Waals surface area contributed by atoms with Gasteiger partial charge < -0.3 is 0 Å². The van der Waals surface area contributed by atoms with Gasteiger partial charge >= 0.3 is 0 Å². The van der Waals surface area contributed by atoms with Crippen LogP contribution in [0.3, 0.4) is 0 Å². The molecule has 0 aromatic heterocycles. The highest BCUT2D eigenvalue weighted by Gasteiger charge is 2.01. The molecule has 0 aliphatic carbocycles. The van der Waals surface area contributed by atoms with E-state index in [2.05, 4.69) is 24.3 Å². The van der Waals surface area contributed by atoms with Crippen LogP contribution in [0.5, 0.6) is 0 Å². The summed E-state index contributed by atoms with van der Waals surface area (Å²) < 4.78 is 0. The second-order valence-corrected chi connectivity index (χ2v) is 3.42. The van der Waals surface area contributed by atoms with Crippen LogP contribution in [-0.2, 0) is 5.88 Å². The number of rotatable bonds is 2. The summed E-state index contributed by atoms with van der Waals surface area (Å²) >= 11 is 5.88. The maximum atomic E-state index is 5.88. The molecule has 2 aromatic rings. The van der Waals surface area contributed by atoms with Crippen LogP contribution in [0.25, 0.3) is 11.1 Å². The Kier molecular flexibility index (Phi) is 2.85. The normalized spacial score (nSPS) is 10.1. The van der Waals surface area contributed by atoms with E-state index < -0.39 is 0 Å². The van der Waals surface area contributed by atoms with E-state index in [0.29, 0.717) is 5.88 Å². The largest absolute Gasteiger partial charge is 0.122 e. The molecule has 14 heavy (non-hydrogen) atoms. The van der Waals surface area contributed by atoms with Gasteiger partial charge in [-0.05, 0) is 16.7 Å². The molecule has 0 fully saturated rings. The molecule has 0 saturated carbocycles. The van der Waals surface area contributed by atoms with Crippen molar-refractivity contribution in [3.8, 4) is 11.1 Å². The summed E-state index contributed by atoms with van der Waals surface area (Å²) in [5.74, 6) is 0.561. The minimum absolute atomic E-state index is 0.561. The summed E-state index contributed by atoms with van der Waals surface area (Å²) in [5, 5.41) is 0. The fourth-order valence-corrected chi connectivity index (χ4v) is 1.77. The van der Waals surface area contributed by atoms with Crippen molar-refractivity contribution in [2.24, 2.45) is 0 Å². The Morgan fingerprint density at radius 3 is 2.14 bits per heavy atom. The van der Waals surface area contributed by atoms with Gasteiger partial charge in [0.1, 0.15) is 0 Å². The smallest absolute Gasteiger partial charge is 0.0480 e. The Bertz CT molecular complexity index is 407. The molecule has 0 N–H and O–H groups in total. The van der Waals surface area contributed by atoms with Gasteiger partial charge in [0.05, 0.1) is 0 Å². The minimum Gasteiger partial charge on any atom is -0.122 e. The molecule has 0 spiro atoms. The average molecular weight is 203 g/mol. The Hall–Kier alpha value is -1.27. The molecule has 2 rings (SSSR count). The zero-order valence-electron chi connectivity index (χ0n) is 7.78. The molecule has 0 bridgehead atoms. The minimum atomic E-state index is 0.561. The SMILES string of the molecule is ClCc1ccccc1-c1ccccc1. The van der Waals surface area contributed by atoms with Gasteiger partial charge in [-0.25, -0.2) is 0 Å². The van der Waals surface area contributed by atoms with Crippen LogP contribution in [0, 0.1) is 0 Å². The first kappa shape index (κ1) is 9.29. The highest BCUT2D eigenvalue weighted by atomic mass is 35.5. The first-order chi connectivity index (χ1) is 6.92. The van der Waals surface area contributed by atoms with Gasteiger partial charge in [0.2, 0.25) is 0 Å². The van der Waals surface area contributed by atoms with Crippen molar-refractivity contribution in [2.75, 3.05) is 0 Å². The molecule has 0 aliphatic rings. The van der Waals surface area contributed by atoms with E-state index in [-0.39, 0.29) is 0 Å². The van der Waals surface area contributed by atoms with Crippen LogP contribution in [-0.4, -0.2) is 0 Å². The maximum Gasteiger partial charge on any atom is 0.0480 e. The highest BCUT2D eigenvalue weighted by molar-refractivity contribution is 6.17. The third-order valence-corrected chi connectivity index (χ3v) is 2.53. The molecule has 0 saturated heterocycles. The third-order valence-electron chi connectivity index (χ3n) is 2.25. The zero-order chi connectivity index (χ0) is 9.80. The molecular weight excluding hydrogens is 192 g/mol. The fourth-order valence-electron chi connectivity index (χ4n) is 1.54. The van der Waals surface area contributed by atoms with E-state index in [9.17, 15) is 0 Å². The Morgan fingerprint density at radius 1 is 0.786 bits per heavy atom. The number of hydrogen-bond acceptors (Lipinski definition) is 0. The lowest BCUT2D eigenvalue weighted by atomic mass is 10.0. The second kappa shape index (κ2) is 4.30. The van der Waals surface area contributed by atoms with Gasteiger partial charge in [-0.1, -0.05) is 54.6 Å². The Labute approximate surface area is 89.2 Å². The summed E-state index contributed by atoms with van der Waals surface area (Å²) in [6.45, 7) is 0. The third kappa shape index (κ3) is 1.80. The van der Waals surface area contributed by atoms with Gasteiger partial charge in [-0.2, -0.15) is 0 Å². The number of benzene rings is 2. The lowest BCUT2D eigenvalue weighted by Gasteiger charge is -2.06. The molecule has 0 atom stereocenters. The Morgan fingerprint density at radius 2 is 1.43 bits per heavy atom. The fraction of sp³-hybridized carbons (Fsp3) is 0.0769. The highest BCUT2D eigenvalue weighted by Crippen LogP contribution is 2.24. The molecule has 0 radical (unpaired) electrons. The summed E-state index contributed by atoms with van der Waals surface area (Å²) in [5.41, 5.74) is 3.63. The Balaban J connectivity index is 2.51. The van der Waals surface area contributed by atoms with E-state index >= 15 is 0 Å². The van der Waals surface area contributed by atoms with E-state index in [1.54, 1.807) is 0 Å². The van der Waals surface area contributed by atoms with Gasteiger partial charge in [0.15, 0.2) is 0 Å². The van der Waals surface area contributed by atoms with E-state index in [0.717, 1.165) is 0 Å². The first-order valence-corrected chi connectivity index (χ1v) is 5.14. The number of alkyl halides is 1. The van der Waals surface area contributed by atoms with Crippen molar-refractivity contribution in [1.82, 2.24) is 0 Å². The van der Waals surface area contributed by atoms with E-state index in [1.807, 2.05) is 30.3 Å². The summed E-state index contributed by atoms with van der Waals surface area (Å²) in [4.78, 5) is 0. The quantitative estimate of drug-likeness (QED) is 0.644. The van der Waals surface area contributed by atoms with Crippen LogP contribution < -0.4 is 0 Å². The molecule has 70 valence electrons. The van der Waals surface area contributed by atoms with Crippen LogP contribution in [0.15, 0.2) is 54.6 Å². The molecular formula is C13H11Cl. The topological polar surface area (TPSA) is 0 Å². The van der Waals surface area contributed by atoms with Crippen molar-refractivity contribution >= 4 is 11.6 Å².